The van der Waals surface area contributed by atoms with Crippen LogP contribution in [0.4, 0.5) is 5.13 Å². The summed E-state index contributed by atoms with van der Waals surface area (Å²) in [5.74, 6) is -1.09. The van der Waals surface area contributed by atoms with E-state index in [1.165, 1.54) is 14.2 Å². The molecule has 0 saturated carbocycles. The minimum atomic E-state index is -0.570. The molecule has 0 radical (unpaired) electrons. The number of hydrogen-bond acceptors (Lipinski definition) is 7. The minimum absolute atomic E-state index is 0.102. The van der Waals surface area contributed by atoms with E-state index in [1.807, 2.05) is 0 Å². The standard InChI is InChI=1S/C16H14N4O4S/c1-8-11(15(23)24-3)17-16(25-8)18-13(21)12-9-6-4-5-7-10(9)14(22)20(2)19-12/h4-7H,1-3H3,(H,17,18,21). The highest BCUT2D eigenvalue weighted by atomic mass is 32.1. The van der Waals surface area contributed by atoms with Crippen molar-refractivity contribution in [2.45, 2.75) is 6.92 Å². The Labute approximate surface area is 146 Å². The third-order valence-electron chi connectivity index (χ3n) is 3.57. The summed E-state index contributed by atoms with van der Waals surface area (Å²) < 4.78 is 5.76. The average Bonchev–Trinajstić information content (AvgIpc) is 2.97. The summed E-state index contributed by atoms with van der Waals surface area (Å²) in [6.07, 6.45) is 0. The molecule has 1 N–H and O–H groups in total. The van der Waals surface area contributed by atoms with Crippen LogP contribution in [-0.2, 0) is 11.8 Å². The van der Waals surface area contributed by atoms with Gasteiger partial charge in [-0.15, -0.1) is 11.3 Å². The van der Waals surface area contributed by atoms with Crippen molar-refractivity contribution in [3.63, 3.8) is 0 Å². The summed E-state index contributed by atoms with van der Waals surface area (Å²) in [6, 6.07) is 6.74. The van der Waals surface area contributed by atoms with Gasteiger partial charge in [0.1, 0.15) is 0 Å². The third-order valence-corrected chi connectivity index (χ3v) is 4.45. The second-order valence-corrected chi connectivity index (χ2v) is 6.40. The van der Waals surface area contributed by atoms with Crippen LogP contribution < -0.4 is 10.9 Å². The molecule has 0 spiro atoms. The number of carbonyl (C=O) groups excluding carboxylic acids is 2. The Bertz CT molecular complexity index is 1050. The lowest BCUT2D eigenvalue weighted by Gasteiger charge is -2.07. The third kappa shape index (κ3) is 3.01. The van der Waals surface area contributed by atoms with E-state index in [1.54, 1.807) is 31.2 Å². The Morgan fingerprint density at radius 1 is 1.20 bits per heavy atom. The number of thiazole rings is 1. The van der Waals surface area contributed by atoms with Crippen molar-refractivity contribution in [1.82, 2.24) is 14.8 Å². The van der Waals surface area contributed by atoms with E-state index in [0.717, 1.165) is 16.0 Å². The molecule has 128 valence electrons. The van der Waals surface area contributed by atoms with E-state index in [2.05, 4.69) is 20.1 Å². The quantitative estimate of drug-likeness (QED) is 0.715. The first-order chi connectivity index (χ1) is 11.9. The molecular weight excluding hydrogens is 344 g/mol. The number of rotatable bonds is 3. The topological polar surface area (TPSA) is 103 Å². The number of ether oxygens (including phenoxy) is 1. The fourth-order valence-electron chi connectivity index (χ4n) is 2.36. The number of aryl methyl sites for hydroxylation is 2. The van der Waals surface area contributed by atoms with Gasteiger partial charge in [-0.05, 0) is 13.0 Å². The number of fused-ring (bicyclic) bond motifs is 1. The molecule has 9 heteroatoms. The zero-order chi connectivity index (χ0) is 18.1. The van der Waals surface area contributed by atoms with Gasteiger partial charge in [-0.1, -0.05) is 18.2 Å². The summed E-state index contributed by atoms with van der Waals surface area (Å²) in [4.78, 5) is 41.1. The van der Waals surface area contributed by atoms with Gasteiger partial charge in [0.15, 0.2) is 16.5 Å². The van der Waals surface area contributed by atoms with Crippen LogP contribution in [0.5, 0.6) is 0 Å². The summed E-state index contributed by atoms with van der Waals surface area (Å²) in [7, 11) is 2.74. The highest BCUT2D eigenvalue weighted by Gasteiger charge is 2.20. The summed E-state index contributed by atoms with van der Waals surface area (Å²) in [5.41, 5.74) is -0.0310. The predicted octanol–water partition coefficient (Wildman–Crippen LogP) is 1.74. The second-order valence-electron chi connectivity index (χ2n) is 5.19. The zero-order valence-corrected chi connectivity index (χ0v) is 14.5. The molecule has 1 aromatic carbocycles. The lowest BCUT2D eigenvalue weighted by molar-refractivity contribution is 0.0594. The number of hydrogen-bond donors (Lipinski definition) is 1. The largest absolute Gasteiger partial charge is 0.464 e. The lowest BCUT2D eigenvalue weighted by Crippen LogP contribution is -2.25. The van der Waals surface area contributed by atoms with Gasteiger partial charge in [0.05, 0.1) is 12.5 Å². The average molecular weight is 358 g/mol. The smallest absolute Gasteiger partial charge is 0.357 e. The van der Waals surface area contributed by atoms with Crippen LogP contribution in [0.2, 0.25) is 0 Å². The maximum absolute atomic E-state index is 12.6. The van der Waals surface area contributed by atoms with E-state index >= 15 is 0 Å². The monoisotopic (exact) mass is 358 g/mol. The molecule has 2 heterocycles. The Balaban J connectivity index is 2.00. The first-order valence-corrected chi connectivity index (χ1v) is 8.07. The van der Waals surface area contributed by atoms with Gasteiger partial charge in [-0.2, -0.15) is 5.10 Å². The summed E-state index contributed by atoms with van der Waals surface area (Å²) >= 11 is 1.15. The van der Waals surface area contributed by atoms with Gasteiger partial charge in [-0.3, -0.25) is 14.9 Å². The van der Waals surface area contributed by atoms with Crippen LogP contribution in [0.15, 0.2) is 29.1 Å². The number of methoxy groups -OCH3 is 1. The summed E-state index contributed by atoms with van der Waals surface area (Å²) in [5, 5.41) is 7.77. The Kier molecular flexibility index (Phi) is 4.32. The van der Waals surface area contributed by atoms with Crippen LogP contribution in [0.1, 0.15) is 25.9 Å². The highest BCUT2D eigenvalue weighted by Crippen LogP contribution is 2.23. The highest BCUT2D eigenvalue weighted by molar-refractivity contribution is 7.16. The molecular formula is C16H14N4O4S. The number of nitrogens with one attached hydrogen (secondary N) is 1. The molecule has 3 aromatic rings. The van der Waals surface area contributed by atoms with E-state index in [9.17, 15) is 14.4 Å². The lowest BCUT2D eigenvalue weighted by atomic mass is 10.1. The van der Waals surface area contributed by atoms with E-state index in [0.29, 0.717) is 15.6 Å². The molecule has 0 aliphatic carbocycles. The van der Waals surface area contributed by atoms with Gasteiger partial charge in [0, 0.05) is 17.3 Å². The number of benzene rings is 1. The molecule has 0 fully saturated rings. The molecule has 0 bridgehead atoms. The zero-order valence-electron chi connectivity index (χ0n) is 13.7. The van der Waals surface area contributed by atoms with Crippen LogP contribution in [-0.4, -0.2) is 33.8 Å². The molecule has 1 amide bonds. The Morgan fingerprint density at radius 2 is 1.88 bits per heavy atom. The maximum atomic E-state index is 12.6. The second kappa shape index (κ2) is 6.44. The van der Waals surface area contributed by atoms with Crippen LogP contribution in [0.25, 0.3) is 10.8 Å². The van der Waals surface area contributed by atoms with Crippen molar-refractivity contribution in [2.24, 2.45) is 7.05 Å². The number of anilines is 1. The fourth-order valence-corrected chi connectivity index (χ4v) is 3.16. The van der Waals surface area contributed by atoms with Gasteiger partial charge in [0.25, 0.3) is 11.5 Å². The molecule has 0 aliphatic heterocycles. The molecule has 25 heavy (non-hydrogen) atoms. The summed E-state index contributed by atoms with van der Waals surface area (Å²) in [6.45, 7) is 1.71. The van der Waals surface area contributed by atoms with E-state index < -0.39 is 11.9 Å². The normalized spacial score (nSPS) is 10.7. The number of carbonyl (C=O) groups is 2. The number of aromatic nitrogens is 3. The van der Waals surface area contributed by atoms with Crippen LogP contribution in [0.3, 0.4) is 0 Å². The van der Waals surface area contributed by atoms with E-state index in [4.69, 9.17) is 0 Å². The van der Waals surface area contributed by atoms with Gasteiger partial charge >= 0.3 is 5.97 Å². The SMILES string of the molecule is COC(=O)c1nc(NC(=O)c2nn(C)c(=O)c3ccccc23)sc1C. The molecule has 8 nitrogen and oxygen atoms in total. The van der Waals surface area contributed by atoms with Gasteiger partial charge in [0.2, 0.25) is 0 Å². The predicted molar refractivity (Wildman–Crippen MR) is 93.1 cm³/mol. The van der Waals surface area contributed by atoms with Crippen LogP contribution >= 0.6 is 11.3 Å². The van der Waals surface area contributed by atoms with Crippen molar-refractivity contribution < 1.29 is 14.3 Å². The fraction of sp³-hybridized carbons (Fsp3) is 0.188. The molecule has 2 aromatic heterocycles. The first-order valence-electron chi connectivity index (χ1n) is 7.25. The number of amides is 1. The number of esters is 1. The number of nitrogens with zero attached hydrogens (tertiary/aromatic N) is 3. The molecule has 0 aliphatic rings. The van der Waals surface area contributed by atoms with Crippen molar-refractivity contribution in [2.75, 3.05) is 12.4 Å². The minimum Gasteiger partial charge on any atom is -0.464 e. The molecule has 0 unspecified atom stereocenters. The molecule has 3 rings (SSSR count). The molecule has 0 saturated heterocycles. The Morgan fingerprint density at radius 3 is 2.56 bits per heavy atom. The molecule has 0 atom stereocenters. The van der Waals surface area contributed by atoms with E-state index in [-0.39, 0.29) is 22.1 Å². The van der Waals surface area contributed by atoms with Gasteiger partial charge in [-0.25, -0.2) is 14.5 Å². The van der Waals surface area contributed by atoms with Crippen molar-refractivity contribution in [3.05, 3.63) is 50.9 Å². The van der Waals surface area contributed by atoms with Gasteiger partial charge < -0.3 is 4.74 Å². The van der Waals surface area contributed by atoms with Crippen LogP contribution in [0, 0.1) is 6.92 Å². The Hall–Kier alpha value is -3.07. The van der Waals surface area contributed by atoms with Crippen molar-refractivity contribution >= 4 is 39.1 Å². The first kappa shape index (κ1) is 16.8. The maximum Gasteiger partial charge on any atom is 0.357 e. The van der Waals surface area contributed by atoms with Crippen molar-refractivity contribution in [1.29, 1.82) is 0 Å². The van der Waals surface area contributed by atoms with Crippen molar-refractivity contribution in [3.8, 4) is 0 Å².